The molecule has 1 fully saturated rings. The average Bonchev–Trinajstić information content (AvgIpc) is 2.77. The maximum atomic E-state index is 11.7. The molecular weight excluding hydrogens is 272 g/mol. The zero-order chi connectivity index (χ0) is 14.5. The van der Waals surface area contributed by atoms with Gasteiger partial charge in [-0.05, 0) is 39.3 Å². The summed E-state index contributed by atoms with van der Waals surface area (Å²) in [7, 11) is 0. The van der Waals surface area contributed by atoms with Gasteiger partial charge >= 0.3 is 5.97 Å². The van der Waals surface area contributed by atoms with Crippen molar-refractivity contribution in [2.24, 2.45) is 0 Å². The molecule has 1 aliphatic heterocycles. The number of nitrogens with zero attached hydrogens (tertiary/aromatic N) is 2. The first-order valence-corrected chi connectivity index (χ1v) is 8.19. The molecule has 0 amide bonds. The fraction of sp³-hybridized carbons (Fsp3) is 0.667. The second kappa shape index (κ2) is 7.09. The van der Waals surface area contributed by atoms with Crippen LogP contribution in [0.4, 0.5) is 5.00 Å². The van der Waals surface area contributed by atoms with Gasteiger partial charge in [-0.15, -0.1) is 11.3 Å². The second-order valence-corrected chi connectivity index (χ2v) is 6.39. The molecule has 1 aliphatic rings. The number of hydrogen-bond acceptors (Lipinski definition) is 5. The predicted molar refractivity (Wildman–Crippen MR) is 83.8 cm³/mol. The SMILES string of the molecule is CCOC(=O)c1ccc(N2CCCN(C(C)C)CC2)s1. The van der Waals surface area contributed by atoms with E-state index in [4.69, 9.17) is 4.74 Å². The molecule has 1 aromatic rings. The number of hydrogen-bond donors (Lipinski definition) is 0. The van der Waals surface area contributed by atoms with Gasteiger partial charge < -0.3 is 9.64 Å². The highest BCUT2D eigenvalue weighted by atomic mass is 32.1. The summed E-state index contributed by atoms with van der Waals surface area (Å²) >= 11 is 1.54. The van der Waals surface area contributed by atoms with Crippen LogP contribution in [-0.2, 0) is 4.74 Å². The van der Waals surface area contributed by atoms with Crippen LogP contribution in [0.25, 0.3) is 0 Å². The lowest BCUT2D eigenvalue weighted by Gasteiger charge is -2.25. The van der Waals surface area contributed by atoms with E-state index < -0.39 is 0 Å². The van der Waals surface area contributed by atoms with Gasteiger partial charge in [0.25, 0.3) is 0 Å². The van der Waals surface area contributed by atoms with Gasteiger partial charge in [-0.2, -0.15) is 0 Å². The molecule has 0 atom stereocenters. The van der Waals surface area contributed by atoms with Crippen LogP contribution in [0.15, 0.2) is 12.1 Å². The monoisotopic (exact) mass is 296 g/mol. The second-order valence-electron chi connectivity index (χ2n) is 5.33. The van der Waals surface area contributed by atoms with Crippen molar-refractivity contribution in [2.75, 3.05) is 37.7 Å². The van der Waals surface area contributed by atoms with E-state index in [2.05, 4.69) is 23.6 Å². The summed E-state index contributed by atoms with van der Waals surface area (Å²) in [5.74, 6) is -0.206. The standard InChI is InChI=1S/C15H24N2O2S/c1-4-19-15(18)13-6-7-14(20-13)17-9-5-8-16(10-11-17)12(2)3/h6-7,12H,4-5,8-11H2,1-3H3. The Bertz CT molecular complexity index is 445. The molecule has 0 spiro atoms. The first-order chi connectivity index (χ1) is 9.61. The van der Waals surface area contributed by atoms with Crippen molar-refractivity contribution >= 4 is 22.3 Å². The van der Waals surface area contributed by atoms with Crippen LogP contribution < -0.4 is 4.90 Å². The first-order valence-electron chi connectivity index (χ1n) is 7.37. The number of rotatable bonds is 4. The number of anilines is 1. The van der Waals surface area contributed by atoms with Gasteiger partial charge in [-0.3, -0.25) is 4.90 Å². The van der Waals surface area contributed by atoms with E-state index in [-0.39, 0.29) is 5.97 Å². The molecule has 112 valence electrons. The fourth-order valence-corrected chi connectivity index (χ4v) is 3.44. The normalized spacial score (nSPS) is 17.3. The lowest BCUT2D eigenvalue weighted by atomic mass is 10.3. The van der Waals surface area contributed by atoms with Crippen molar-refractivity contribution in [3.63, 3.8) is 0 Å². The van der Waals surface area contributed by atoms with E-state index >= 15 is 0 Å². The van der Waals surface area contributed by atoms with Crippen molar-refractivity contribution in [1.29, 1.82) is 0 Å². The molecule has 0 saturated carbocycles. The molecule has 0 N–H and O–H groups in total. The Morgan fingerprint density at radius 2 is 2.10 bits per heavy atom. The topological polar surface area (TPSA) is 32.8 Å². The molecule has 0 aliphatic carbocycles. The van der Waals surface area contributed by atoms with Crippen LogP contribution in [0.1, 0.15) is 36.9 Å². The molecule has 0 bridgehead atoms. The lowest BCUT2D eigenvalue weighted by molar-refractivity contribution is 0.0532. The summed E-state index contributed by atoms with van der Waals surface area (Å²) in [6, 6.07) is 4.53. The lowest BCUT2D eigenvalue weighted by Crippen LogP contribution is -2.34. The van der Waals surface area contributed by atoms with E-state index in [1.165, 1.54) is 22.8 Å². The number of ether oxygens (including phenoxy) is 1. The third kappa shape index (κ3) is 3.73. The third-order valence-electron chi connectivity index (χ3n) is 3.64. The van der Waals surface area contributed by atoms with Gasteiger partial charge in [-0.1, -0.05) is 0 Å². The van der Waals surface area contributed by atoms with Crippen LogP contribution in [0.3, 0.4) is 0 Å². The van der Waals surface area contributed by atoms with Gasteiger partial charge in [0, 0.05) is 32.2 Å². The van der Waals surface area contributed by atoms with E-state index in [1.54, 1.807) is 0 Å². The van der Waals surface area contributed by atoms with Crippen molar-refractivity contribution < 1.29 is 9.53 Å². The molecule has 0 aromatic carbocycles. The molecule has 5 heteroatoms. The molecular formula is C15H24N2O2S. The molecule has 1 aromatic heterocycles. The molecule has 1 saturated heterocycles. The van der Waals surface area contributed by atoms with Gasteiger partial charge in [0.15, 0.2) is 0 Å². The summed E-state index contributed by atoms with van der Waals surface area (Å²) in [5.41, 5.74) is 0. The van der Waals surface area contributed by atoms with Crippen LogP contribution in [0.5, 0.6) is 0 Å². The summed E-state index contributed by atoms with van der Waals surface area (Å²) in [4.78, 5) is 17.3. The highest BCUT2D eigenvalue weighted by molar-refractivity contribution is 7.17. The molecule has 4 nitrogen and oxygen atoms in total. The largest absolute Gasteiger partial charge is 0.462 e. The fourth-order valence-electron chi connectivity index (χ4n) is 2.48. The summed E-state index contributed by atoms with van der Waals surface area (Å²) in [6.07, 6.45) is 1.17. The molecule has 0 unspecified atom stereocenters. The minimum Gasteiger partial charge on any atom is -0.462 e. The Morgan fingerprint density at radius 1 is 1.30 bits per heavy atom. The van der Waals surface area contributed by atoms with E-state index in [0.717, 1.165) is 26.2 Å². The molecule has 2 rings (SSSR count). The van der Waals surface area contributed by atoms with Crippen molar-refractivity contribution in [3.8, 4) is 0 Å². The van der Waals surface area contributed by atoms with Crippen molar-refractivity contribution in [1.82, 2.24) is 4.90 Å². The van der Waals surface area contributed by atoms with Crippen LogP contribution in [-0.4, -0.2) is 49.7 Å². The Hall–Kier alpha value is -1.07. The van der Waals surface area contributed by atoms with Gasteiger partial charge in [-0.25, -0.2) is 4.79 Å². The summed E-state index contributed by atoms with van der Waals surface area (Å²) < 4.78 is 5.05. The number of thiophene rings is 1. The van der Waals surface area contributed by atoms with Crippen LogP contribution >= 0.6 is 11.3 Å². The minimum atomic E-state index is -0.206. The molecule has 0 radical (unpaired) electrons. The molecule has 2 heterocycles. The Morgan fingerprint density at radius 3 is 2.80 bits per heavy atom. The van der Waals surface area contributed by atoms with Gasteiger partial charge in [0.1, 0.15) is 4.88 Å². The zero-order valence-corrected chi connectivity index (χ0v) is 13.4. The molecule has 20 heavy (non-hydrogen) atoms. The minimum absolute atomic E-state index is 0.206. The van der Waals surface area contributed by atoms with Crippen LogP contribution in [0, 0.1) is 0 Å². The number of carbonyl (C=O) groups is 1. The van der Waals surface area contributed by atoms with Crippen molar-refractivity contribution in [3.05, 3.63) is 17.0 Å². The van der Waals surface area contributed by atoms with Crippen molar-refractivity contribution in [2.45, 2.75) is 33.2 Å². The Balaban J connectivity index is 1.99. The zero-order valence-electron chi connectivity index (χ0n) is 12.6. The highest BCUT2D eigenvalue weighted by Crippen LogP contribution is 2.27. The maximum Gasteiger partial charge on any atom is 0.348 e. The predicted octanol–water partition coefficient (Wildman–Crippen LogP) is 2.85. The Labute approximate surface area is 125 Å². The van der Waals surface area contributed by atoms with Gasteiger partial charge in [0.05, 0.1) is 11.6 Å². The number of carbonyl (C=O) groups excluding carboxylic acids is 1. The van der Waals surface area contributed by atoms with Gasteiger partial charge in [0.2, 0.25) is 0 Å². The van der Waals surface area contributed by atoms with E-state index in [9.17, 15) is 4.79 Å². The third-order valence-corrected chi connectivity index (χ3v) is 4.77. The Kier molecular flexibility index (Phi) is 5.43. The van der Waals surface area contributed by atoms with E-state index in [1.807, 2.05) is 19.1 Å². The maximum absolute atomic E-state index is 11.7. The summed E-state index contributed by atoms with van der Waals surface area (Å²) in [5, 5.41) is 1.18. The average molecular weight is 296 g/mol. The quantitative estimate of drug-likeness (QED) is 0.800. The van der Waals surface area contributed by atoms with Crippen LogP contribution in [0.2, 0.25) is 0 Å². The smallest absolute Gasteiger partial charge is 0.348 e. The number of esters is 1. The first kappa shape index (κ1) is 15.3. The highest BCUT2D eigenvalue weighted by Gasteiger charge is 2.19. The van der Waals surface area contributed by atoms with E-state index in [0.29, 0.717) is 17.5 Å². The summed E-state index contributed by atoms with van der Waals surface area (Å²) in [6.45, 7) is 11.1.